The maximum Gasteiger partial charge on any atom is 0.162 e. The van der Waals surface area contributed by atoms with Crippen molar-refractivity contribution >= 4 is 0 Å². The van der Waals surface area contributed by atoms with Crippen LogP contribution in [0.2, 0.25) is 0 Å². The van der Waals surface area contributed by atoms with E-state index >= 15 is 0 Å². The van der Waals surface area contributed by atoms with Gasteiger partial charge in [-0.2, -0.15) is 5.10 Å². The van der Waals surface area contributed by atoms with Crippen LogP contribution in [0.5, 0.6) is 0 Å². The number of hydrogen-bond acceptors (Lipinski definition) is 1. The molecule has 0 radical (unpaired) electrons. The highest BCUT2D eigenvalue weighted by Gasteiger charge is 2.12. The molecule has 0 aliphatic rings. The Kier molecular flexibility index (Phi) is 3.48. The molecule has 0 saturated carbocycles. The van der Waals surface area contributed by atoms with E-state index in [0.29, 0.717) is 11.6 Å². The lowest BCUT2D eigenvalue weighted by Crippen LogP contribution is -1.97. The predicted molar refractivity (Wildman–Crippen MR) is 72.7 cm³/mol. The summed E-state index contributed by atoms with van der Waals surface area (Å²) in [7, 11) is 0. The van der Waals surface area contributed by atoms with Crippen molar-refractivity contribution in [2.45, 2.75) is 6.42 Å². The molecule has 1 heterocycles. The molecule has 0 N–H and O–H groups in total. The summed E-state index contributed by atoms with van der Waals surface area (Å²) in [6.45, 7) is 0. The Morgan fingerprint density at radius 3 is 2.52 bits per heavy atom. The third-order valence-corrected chi connectivity index (χ3v) is 3.12. The fourth-order valence-corrected chi connectivity index (χ4v) is 2.13. The molecule has 0 fully saturated rings. The summed E-state index contributed by atoms with van der Waals surface area (Å²) in [4.78, 5) is 0. The highest BCUT2D eigenvalue weighted by atomic mass is 19.2. The van der Waals surface area contributed by atoms with E-state index in [2.05, 4.69) is 5.10 Å². The quantitative estimate of drug-likeness (QED) is 0.669. The van der Waals surface area contributed by atoms with Gasteiger partial charge in [0, 0.05) is 18.7 Å². The first-order valence-corrected chi connectivity index (χ1v) is 6.36. The zero-order chi connectivity index (χ0) is 14.8. The smallest absolute Gasteiger partial charge is 0.162 e. The van der Waals surface area contributed by atoms with Gasteiger partial charge in [-0.3, -0.25) is 0 Å². The molecular formula is C16H11F3N2. The molecule has 0 bridgehead atoms. The molecular weight excluding hydrogens is 277 g/mol. The van der Waals surface area contributed by atoms with Crippen molar-refractivity contribution < 1.29 is 13.2 Å². The van der Waals surface area contributed by atoms with Crippen LogP contribution in [-0.2, 0) is 6.42 Å². The Hall–Kier alpha value is -2.56. The molecule has 106 valence electrons. The van der Waals surface area contributed by atoms with Gasteiger partial charge < -0.3 is 0 Å². The number of hydrogen-bond donors (Lipinski definition) is 0. The van der Waals surface area contributed by atoms with Crippen molar-refractivity contribution in [2.24, 2.45) is 0 Å². The minimum Gasteiger partial charge on any atom is -0.241 e. The van der Waals surface area contributed by atoms with Crippen LogP contribution in [0.3, 0.4) is 0 Å². The van der Waals surface area contributed by atoms with Crippen molar-refractivity contribution in [1.82, 2.24) is 9.78 Å². The number of benzene rings is 2. The summed E-state index contributed by atoms with van der Waals surface area (Å²) in [6.07, 6.45) is 3.33. The Bertz CT molecular complexity index is 766. The second-order valence-corrected chi connectivity index (χ2v) is 4.67. The van der Waals surface area contributed by atoms with Crippen LogP contribution in [-0.4, -0.2) is 9.78 Å². The fraction of sp³-hybridized carbons (Fsp3) is 0.0625. The molecule has 0 aliphatic carbocycles. The molecule has 21 heavy (non-hydrogen) atoms. The highest BCUT2D eigenvalue weighted by Crippen LogP contribution is 2.18. The van der Waals surface area contributed by atoms with E-state index in [1.807, 2.05) is 30.3 Å². The first-order valence-electron chi connectivity index (χ1n) is 6.36. The van der Waals surface area contributed by atoms with Gasteiger partial charge in [-0.05, 0) is 29.3 Å². The summed E-state index contributed by atoms with van der Waals surface area (Å²) in [5.41, 5.74) is 1.50. The van der Waals surface area contributed by atoms with E-state index in [1.165, 1.54) is 0 Å². The van der Waals surface area contributed by atoms with Crippen LogP contribution < -0.4 is 0 Å². The first kappa shape index (κ1) is 13.4. The van der Waals surface area contributed by atoms with Gasteiger partial charge in [-0.15, -0.1) is 0 Å². The number of rotatable bonds is 3. The summed E-state index contributed by atoms with van der Waals surface area (Å²) >= 11 is 0. The second-order valence-electron chi connectivity index (χ2n) is 4.67. The second kappa shape index (κ2) is 5.44. The van der Waals surface area contributed by atoms with Gasteiger partial charge >= 0.3 is 0 Å². The average Bonchev–Trinajstić information content (AvgIpc) is 2.94. The molecule has 0 amide bonds. The monoisotopic (exact) mass is 288 g/mol. The van der Waals surface area contributed by atoms with Gasteiger partial charge in [-0.25, -0.2) is 17.9 Å². The van der Waals surface area contributed by atoms with Crippen molar-refractivity contribution in [3.63, 3.8) is 0 Å². The average molecular weight is 288 g/mol. The zero-order valence-corrected chi connectivity index (χ0v) is 10.9. The van der Waals surface area contributed by atoms with E-state index in [1.54, 1.807) is 17.1 Å². The Morgan fingerprint density at radius 2 is 1.76 bits per heavy atom. The summed E-state index contributed by atoms with van der Waals surface area (Å²) in [6, 6.07) is 10.9. The van der Waals surface area contributed by atoms with Gasteiger partial charge in [0.25, 0.3) is 0 Å². The molecule has 1 aromatic heterocycles. The van der Waals surface area contributed by atoms with Gasteiger partial charge in [0.05, 0.1) is 11.9 Å². The lowest BCUT2D eigenvalue weighted by atomic mass is 10.1. The van der Waals surface area contributed by atoms with Crippen molar-refractivity contribution in [3.05, 3.63) is 83.4 Å². The number of aromatic nitrogens is 2. The van der Waals surface area contributed by atoms with Gasteiger partial charge in [0.2, 0.25) is 0 Å². The number of halogens is 3. The van der Waals surface area contributed by atoms with Crippen LogP contribution in [0.15, 0.2) is 54.9 Å². The maximum atomic E-state index is 13.6. The molecule has 0 spiro atoms. The lowest BCUT2D eigenvalue weighted by molar-refractivity contribution is 0.487. The van der Waals surface area contributed by atoms with Gasteiger partial charge in [0.15, 0.2) is 11.6 Å². The zero-order valence-electron chi connectivity index (χ0n) is 10.9. The Labute approximate surface area is 119 Å². The van der Waals surface area contributed by atoms with Crippen LogP contribution in [0.4, 0.5) is 13.2 Å². The van der Waals surface area contributed by atoms with Crippen LogP contribution in [0.25, 0.3) is 5.69 Å². The fourth-order valence-electron chi connectivity index (χ4n) is 2.13. The number of para-hydroxylation sites is 1. The van der Waals surface area contributed by atoms with E-state index in [-0.39, 0.29) is 12.0 Å². The molecule has 2 aromatic carbocycles. The first-order chi connectivity index (χ1) is 10.1. The van der Waals surface area contributed by atoms with Crippen LogP contribution >= 0.6 is 0 Å². The normalized spacial score (nSPS) is 10.8. The Morgan fingerprint density at radius 1 is 1.00 bits per heavy atom. The summed E-state index contributed by atoms with van der Waals surface area (Å²) in [5.74, 6) is -3.00. The minimum atomic E-state index is -1.18. The van der Waals surface area contributed by atoms with Gasteiger partial charge in [0.1, 0.15) is 5.82 Å². The molecule has 0 atom stereocenters. The predicted octanol–water partition coefficient (Wildman–Crippen LogP) is 3.88. The molecule has 2 nitrogen and oxygen atoms in total. The SMILES string of the molecule is Fc1cc(F)c(F)c(Cc2cnn(-c3ccccc3)c2)c1. The van der Waals surface area contributed by atoms with Crippen molar-refractivity contribution in [3.8, 4) is 5.69 Å². The summed E-state index contributed by atoms with van der Waals surface area (Å²) in [5, 5.41) is 4.16. The maximum absolute atomic E-state index is 13.6. The molecule has 0 saturated heterocycles. The molecule has 0 aliphatic heterocycles. The molecule has 3 rings (SSSR count). The third kappa shape index (κ3) is 2.81. The van der Waals surface area contributed by atoms with E-state index in [9.17, 15) is 13.2 Å². The Balaban J connectivity index is 1.89. The van der Waals surface area contributed by atoms with Crippen LogP contribution in [0, 0.1) is 17.5 Å². The third-order valence-electron chi connectivity index (χ3n) is 3.12. The molecule has 0 unspecified atom stereocenters. The highest BCUT2D eigenvalue weighted by molar-refractivity contribution is 5.32. The van der Waals surface area contributed by atoms with Crippen molar-refractivity contribution in [1.29, 1.82) is 0 Å². The largest absolute Gasteiger partial charge is 0.241 e. The van der Waals surface area contributed by atoms with E-state index < -0.39 is 17.5 Å². The molecule has 5 heteroatoms. The summed E-state index contributed by atoms with van der Waals surface area (Å²) < 4.78 is 41.6. The van der Waals surface area contributed by atoms with Crippen molar-refractivity contribution in [2.75, 3.05) is 0 Å². The minimum absolute atomic E-state index is 0.0277. The number of nitrogens with zero attached hydrogens (tertiary/aromatic N) is 2. The molecule has 3 aromatic rings. The lowest BCUT2D eigenvalue weighted by Gasteiger charge is -2.03. The van der Waals surface area contributed by atoms with Gasteiger partial charge in [-0.1, -0.05) is 18.2 Å². The van der Waals surface area contributed by atoms with E-state index in [0.717, 1.165) is 11.8 Å². The standard InChI is InChI=1S/C16H11F3N2/c17-13-7-12(16(19)15(18)8-13)6-11-9-20-21(10-11)14-4-2-1-3-5-14/h1-5,7-10H,6H2. The topological polar surface area (TPSA) is 17.8 Å². The van der Waals surface area contributed by atoms with Crippen LogP contribution in [0.1, 0.15) is 11.1 Å². The van der Waals surface area contributed by atoms with E-state index in [4.69, 9.17) is 0 Å².